The highest BCUT2D eigenvalue weighted by Gasteiger charge is 2.39. The van der Waals surface area contributed by atoms with Crippen LogP contribution in [-0.4, -0.2) is 23.5 Å². The normalized spacial score (nSPS) is 21.0. The molecule has 3 N–H and O–H groups in total. The van der Waals surface area contributed by atoms with E-state index in [2.05, 4.69) is 56.2 Å². The van der Waals surface area contributed by atoms with Crippen molar-refractivity contribution in [1.82, 2.24) is 10.3 Å². The predicted octanol–water partition coefficient (Wildman–Crippen LogP) is 3.46. The second kappa shape index (κ2) is 6.91. The lowest BCUT2D eigenvalue weighted by molar-refractivity contribution is 0.0422. The van der Waals surface area contributed by atoms with Gasteiger partial charge in [-0.2, -0.15) is 0 Å². The Hall–Kier alpha value is -0.900. The number of hydrogen-bond acceptors (Lipinski definition) is 3. The minimum atomic E-state index is 0.0632. The summed E-state index contributed by atoms with van der Waals surface area (Å²) in [7, 11) is 0. The zero-order valence-electron chi connectivity index (χ0n) is 14.1. The molecule has 0 aromatic heterocycles. The van der Waals surface area contributed by atoms with Crippen molar-refractivity contribution in [3.05, 3.63) is 34.9 Å². The van der Waals surface area contributed by atoms with Crippen molar-refractivity contribution in [3.63, 3.8) is 0 Å². The van der Waals surface area contributed by atoms with Gasteiger partial charge >= 0.3 is 0 Å². The number of rotatable bonds is 5. The maximum atomic E-state index is 6.02. The molecule has 1 fully saturated rings. The van der Waals surface area contributed by atoms with Gasteiger partial charge in [0.15, 0.2) is 0 Å². The molecule has 0 spiro atoms. The first kappa shape index (κ1) is 16.5. The molecule has 1 aromatic carbocycles. The summed E-state index contributed by atoms with van der Waals surface area (Å²) in [5.74, 6) is 6.02. The molecule has 1 aromatic rings. The lowest BCUT2D eigenvalue weighted by Crippen LogP contribution is -2.57. The number of hydrogen-bond donors (Lipinski definition) is 2. The summed E-state index contributed by atoms with van der Waals surface area (Å²) in [6.07, 6.45) is 5.06. The second-order valence-corrected chi connectivity index (χ2v) is 6.72. The average molecular weight is 289 g/mol. The minimum Gasteiger partial charge on any atom is -0.296 e. The molecule has 1 aliphatic heterocycles. The average Bonchev–Trinajstić information content (AvgIpc) is 2.52. The molecular formula is C18H31N3. The smallest absolute Gasteiger partial charge is 0.0643 e. The van der Waals surface area contributed by atoms with Gasteiger partial charge in [-0.3, -0.25) is 16.2 Å². The Bertz CT molecular complexity index is 466. The van der Waals surface area contributed by atoms with Gasteiger partial charge in [0.1, 0.15) is 0 Å². The van der Waals surface area contributed by atoms with Crippen molar-refractivity contribution >= 4 is 0 Å². The van der Waals surface area contributed by atoms with Gasteiger partial charge in [-0.05, 0) is 64.3 Å². The van der Waals surface area contributed by atoms with E-state index in [0.717, 1.165) is 6.42 Å². The second-order valence-electron chi connectivity index (χ2n) is 6.72. The van der Waals surface area contributed by atoms with E-state index in [1.807, 2.05) is 0 Å². The van der Waals surface area contributed by atoms with Gasteiger partial charge in [-0.25, -0.2) is 0 Å². The molecule has 118 valence electrons. The number of nitrogens with zero attached hydrogens (tertiary/aromatic N) is 1. The summed E-state index contributed by atoms with van der Waals surface area (Å²) in [4.78, 5) is 2.64. The van der Waals surface area contributed by atoms with Gasteiger partial charge in [0.2, 0.25) is 0 Å². The quantitative estimate of drug-likeness (QED) is 0.644. The number of hydrazine groups is 1. The molecule has 3 heteroatoms. The van der Waals surface area contributed by atoms with Crippen LogP contribution in [-0.2, 0) is 0 Å². The van der Waals surface area contributed by atoms with E-state index in [4.69, 9.17) is 5.84 Å². The fraction of sp³-hybridized carbons (Fsp3) is 0.667. The van der Waals surface area contributed by atoms with Crippen molar-refractivity contribution < 1.29 is 0 Å². The Balaban J connectivity index is 2.38. The van der Waals surface area contributed by atoms with Crippen molar-refractivity contribution in [2.24, 2.45) is 5.84 Å². The molecule has 2 atom stereocenters. The van der Waals surface area contributed by atoms with Crippen molar-refractivity contribution in [1.29, 1.82) is 0 Å². The van der Waals surface area contributed by atoms with E-state index in [0.29, 0.717) is 0 Å². The van der Waals surface area contributed by atoms with Crippen molar-refractivity contribution in [3.8, 4) is 0 Å². The van der Waals surface area contributed by atoms with Crippen LogP contribution in [0.1, 0.15) is 62.3 Å². The number of likely N-dealkylation sites (tertiary alicyclic amines) is 1. The molecule has 1 aliphatic rings. The van der Waals surface area contributed by atoms with Crippen LogP contribution in [0.5, 0.6) is 0 Å². The van der Waals surface area contributed by atoms with E-state index in [1.54, 1.807) is 0 Å². The van der Waals surface area contributed by atoms with Gasteiger partial charge in [0.25, 0.3) is 0 Å². The first-order valence-electron chi connectivity index (χ1n) is 8.31. The maximum Gasteiger partial charge on any atom is 0.0643 e. The third kappa shape index (κ3) is 3.31. The van der Waals surface area contributed by atoms with Gasteiger partial charge in [-0.15, -0.1) is 0 Å². The lowest BCUT2D eigenvalue weighted by atomic mass is 9.80. The summed E-state index contributed by atoms with van der Waals surface area (Å²) in [6, 6.07) is 6.84. The minimum absolute atomic E-state index is 0.0632. The summed E-state index contributed by atoms with van der Waals surface area (Å²) in [5, 5.41) is 0. The molecule has 0 amide bonds. The van der Waals surface area contributed by atoms with E-state index in [9.17, 15) is 0 Å². The van der Waals surface area contributed by atoms with Crippen LogP contribution in [0.2, 0.25) is 0 Å². The molecular weight excluding hydrogens is 258 g/mol. The molecule has 0 bridgehead atoms. The molecule has 0 saturated carbocycles. The number of nitrogens with two attached hydrogens (primary N) is 1. The van der Waals surface area contributed by atoms with Gasteiger partial charge in [0, 0.05) is 5.54 Å². The molecule has 1 heterocycles. The monoisotopic (exact) mass is 289 g/mol. The van der Waals surface area contributed by atoms with Crippen LogP contribution in [0.25, 0.3) is 0 Å². The van der Waals surface area contributed by atoms with E-state index in [-0.39, 0.29) is 11.6 Å². The Kier molecular flexibility index (Phi) is 5.42. The largest absolute Gasteiger partial charge is 0.296 e. The van der Waals surface area contributed by atoms with Crippen LogP contribution in [0.4, 0.5) is 0 Å². The highest BCUT2D eigenvalue weighted by molar-refractivity contribution is 5.35. The third-order valence-corrected chi connectivity index (χ3v) is 5.33. The Morgan fingerprint density at radius 3 is 2.48 bits per heavy atom. The number of benzene rings is 1. The number of aryl methyl sites for hydroxylation is 2. The molecule has 0 aliphatic carbocycles. The van der Waals surface area contributed by atoms with E-state index in [1.165, 1.54) is 49.0 Å². The molecule has 3 nitrogen and oxygen atoms in total. The Morgan fingerprint density at radius 2 is 1.90 bits per heavy atom. The van der Waals surface area contributed by atoms with Gasteiger partial charge < -0.3 is 0 Å². The molecule has 2 unspecified atom stereocenters. The molecule has 21 heavy (non-hydrogen) atoms. The van der Waals surface area contributed by atoms with E-state index >= 15 is 0 Å². The van der Waals surface area contributed by atoms with Crippen LogP contribution >= 0.6 is 0 Å². The van der Waals surface area contributed by atoms with Crippen LogP contribution in [0, 0.1) is 13.8 Å². The van der Waals surface area contributed by atoms with Gasteiger partial charge in [-0.1, -0.05) is 37.1 Å². The standard InChI is InChI=1S/C18H31N3/c1-5-18(4,21-11-7-6-8-12-21)17(20-19)16-13-14(2)9-10-15(16)3/h9-10,13,17,20H,5-8,11-12,19H2,1-4H3. The number of nitrogens with one attached hydrogen (secondary N) is 1. The summed E-state index contributed by atoms with van der Waals surface area (Å²) in [6.45, 7) is 11.4. The van der Waals surface area contributed by atoms with Gasteiger partial charge in [0.05, 0.1) is 6.04 Å². The third-order valence-electron chi connectivity index (χ3n) is 5.33. The van der Waals surface area contributed by atoms with Crippen molar-refractivity contribution in [2.45, 2.75) is 65.0 Å². The van der Waals surface area contributed by atoms with Crippen LogP contribution in [0.15, 0.2) is 18.2 Å². The van der Waals surface area contributed by atoms with Crippen LogP contribution < -0.4 is 11.3 Å². The molecule has 0 radical (unpaired) electrons. The maximum absolute atomic E-state index is 6.02. The first-order chi connectivity index (χ1) is 10.0. The highest BCUT2D eigenvalue weighted by Crippen LogP contribution is 2.37. The van der Waals surface area contributed by atoms with Crippen molar-refractivity contribution in [2.75, 3.05) is 13.1 Å². The fourth-order valence-electron chi connectivity index (χ4n) is 3.69. The Labute approximate surface area is 129 Å². The molecule has 1 saturated heterocycles. The Morgan fingerprint density at radius 1 is 1.24 bits per heavy atom. The summed E-state index contributed by atoms with van der Waals surface area (Å²) >= 11 is 0. The van der Waals surface area contributed by atoms with E-state index < -0.39 is 0 Å². The number of piperidine rings is 1. The van der Waals surface area contributed by atoms with Crippen LogP contribution in [0.3, 0.4) is 0 Å². The zero-order valence-corrected chi connectivity index (χ0v) is 14.1. The topological polar surface area (TPSA) is 41.3 Å². The fourth-order valence-corrected chi connectivity index (χ4v) is 3.69. The SMILES string of the molecule is CCC(C)(C(NN)c1cc(C)ccc1C)N1CCCCC1. The summed E-state index contributed by atoms with van der Waals surface area (Å²) < 4.78 is 0. The lowest BCUT2D eigenvalue weighted by Gasteiger charge is -2.48. The zero-order chi connectivity index (χ0) is 15.5. The summed E-state index contributed by atoms with van der Waals surface area (Å²) in [5.41, 5.74) is 7.16. The first-order valence-corrected chi connectivity index (χ1v) is 8.31. The molecule has 2 rings (SSSR count). The predicted molar refractivity (Wildman–Crippen MR) is 90.1 cm³/mol. The highest BCUT2D eigenvalue weighted by atomic mass is 15.3.